The maximum atomic E-state index is 11.6. The number of phenols is 2. The Kier molecular flexibility index (Phi) is 5.83. The van der Waals surface area contributed by atoms with Gasteiger partial charge in [0.05, 0.1) is 6.61 Å². The van der Waals surface area contributed by atoms with Crippen LogP contribution >= 0.6 is 0 Å². The summed E-state index contributed by atoms with van der Waals surface area (Å²) < 4.78 is 5.19. The smallest absolute Gasteiger partial charge is 0.306 e. The average Bonchev–Trinajstić information content (AvgIpc) is 2.54. The molecule has 0 saturated heterocycles. The van der Waals surface area contributed by atoms with Crippen LogP contribution < -0.4 is 0 Å². The van der Waals surface area contributed by atoms with Gasteiger partial charge in [-0.1, -0.05) is 36.4 Å². The molecule has 22 heavy (non-hydrogen) atoms. The zero-order valence-corrected chi connectivity index (χ0v) is 12.4. The highest BCUT2D eigenvalue weighted by Crippen LogP contribution is 2.25. The van der Waals surface area contributed by atoms with Crippen LogP contribution in [0.25, 0.3) is 0 Å². The quantitative estimate of drug-likeness (QED) is 0.468. The molecule has 4 heteroatoms. The molecule has 0 radical (unpaired) electrons. The van der Waals surface area contributed by atoms with Crippen LogP contribution in [0.1, 0.15) is 24.0 Å². The molecule has 0 unspecified atom stereocenters. The minimum atomic E-state index is -0.249. The Hall–Kier alpha value is -2.49. The highest BCUT2D eigenvalue weighted by atomic mass is 16.5. The van der Waals surface area contributed by atoms with Gasteiger partial charge in [-0.15, -0.1) is 0 Å². The molecule has 0 amide bonds. The molecule has 2 aromatic rings. The predicted molar refractivity (Wildman–Crippen MR) is 83.8 cm³/mol. The summed E-state index contributed by atoms with van der Waals surface area (Å²) >= 11 is 0. The summed E-state index contributed by atoms with van der Waals surface area (Å²) in [7, 11) is 0. The Morgan fingerprint density at radius 1 is 0.909 bits per heavy atom. The molecule has 0 aliphatic carbocycles. The standard InChI is InChI=1S/C18H20O4/c19-16-10-8-15(13-17(16)20)9-11-18(21)22-12-4-7-14-5-2-1-3-6-14/h1-3,5-6,8,10,13,19-20H,4,7,9,11-12H2. The Morgan fingerprint density at radius 3 is 2.41 bits per heavy atom. The topological polar surface area (TPSA) is 66.8 Å². The fourth-order valence-corrected chi connectivity index (χ4v) is 2.15. The van der Waals surface area contributed by atoms with Crippen LogP contribution in [-0.4, -0.2) is 22.8 Å². The van der Waals surface area contributed by atoms with Gasteiger partial charge in [0, 0.05) is 6.42 Å². The number of benzene rings is 2. The molecule has 0 fully saturated rings. The maximum Gasteiger partial charge on any atom is 0.306 e. The first-order valence-corrected chi connectivity index (χ1v) is 7.35. The second-order valence-corrected chi connectivity index (χ2v) is 5.13. The molecule has 2 rings (SSSR count). The molecule has 0 aliphatic rings. The van der Waals surface area contributed by atoms with Gasteiger partial charge >= 0.3 is 5.97 Å². The van der Waals surface area contributed by atoms with E-state index in [2.05, 4.69) is 12.1 Å². The average molecular weight is 300 g/mol. The van der Waals surface area contributed by atoms with E-state index < -0.39 is 0 Å². The van der Waals surface area contributed by atoms with Gasteiger partial charge < -0.3 is 14.9 Å². The number of rotatable bonds is 7. The van der Waals surface area contributed by atoms with Gasteiger partial charge in [0.25, 0.3) is 0 Å². The first kappa shape index (κ1) is 15.9. The van der Waals surface area contributed by atoms with Crippen LogP contribution in [0.2, 0.25) is 0 Å². The van der Waals surface area contributed by atoms with Crippen molar-refractivity contribution in [2.75, 3.05) is 6.61 Å². The fraction of sp³-hybridized carbons (Fsp3) is 0.278. The fourth-order valence-electron chi connectivity index (χ4n) is 2.15. The first-order valence-electron chi connectivity index (χ1n) is 7.35. The lowest BCUT2D eigenvalue weighted by Crippen LogP contribution is -2.07. The number of aryl methyl sites for hydroxylation is 2. The van der Waals surface area contributed by atoms with Crippen LogP contribution in [0, 0.1) is 0 Å². The number of ether oxygens (including phenoxy) is 1. The maximum absolute atomic E-state index is 11.6. The number of hydrogen-bond acceptors (Lipinski definition) is 4. The van der Waals surface area contributed by atoms with Gasteiger partial charge in [-0.05, 0) is 42.5 Å². The van der Waals surface area contributed by atoms with Gasteiger partial charge in [0.15, 0.2) is 11.5 Å². The van der Waals surface area contributed by atoms with E-state index in [0.717, 1.165) is 18.4 Å². The lowest BCUT2D eigenvalue weighted by Gasteiger charge is -2.06. The molecule has 116 valence electrons. The minimum absolute atomic E-state index is 0.160. The van der Waals surface area contributed by atoms with Crippen molar-refractivity contribution in [3.05, 3.63) is 59.7 Å². The van der Waals surface area contributed by atoms with Gasteiger partial charge in [-0.25, -0.2) is 0 Å². The summed E-state index contributed by atoms with van der Waals surface area (Å²) in [6, 6.07) is 14.6. The van der Waals surface area contributed by atoms with Crippen LogP contribution in [0.5, 0.6) is 11.5 Å². The van der Waals surface area contributed by atoms with Crippen molar-refractivity contribution in [2.24, 2.45) is 0 Å². The predicted octanol–water partition coefficient (Wildman–Crippen LogP) is 3.21. The third kappa shape index (κ3) is 5.13. The summed E-state index contributed by atoms with van der Waals surface area (Å²) in [6.07, 6.45) is 2.43. The molecule has 2 aromatic carbocycles. The lowest BCUT2D eigenvalue weighted by molar-refractivity contribution is -0.143. The first-order chi connectivity index (χ1) is 10.6. The molecule has 0 bridgehead atoms. The largest absolute Gasteiger partial charge is 0.504 e. The molecule has 0 aliphatic heterocycles. The van der Waals surface area contributed by atoms with Crippen molar-refractivity contribution in [2.45, 2.75) is 25.7 Å². The van der Waals surface area contributed by atoms with Crippen LogP contribution in [0.15, 0.2) is 48.5 Å². The molecule has 0 aromatic heterocycles. The summed E-state index contributed by atoms with van der Waals surface area (Å²) in [5, 5.41) is 18.6. The normalized spacial score (nSPS) is 10.4. The summed E-state index contributed by atoms with van der Waals surface area (Å²) in [6.45, 7) is 0.411. The number of carbonyl (C=O) groups excluding carboxylic acids is 1. The molecule has 0 spiro atoms. The second kappa shape index (κ2) is 8.08. The summed E-state index contributed by atoms with van der Waals surface area (Å²) in [5.41, 5.74) is 2.02. The van der Waals surface area contributed by atoms with E-state index >= 15 is 0 Å². The van der Waals surface area contributed by atoms with Gasteiger partial charge in [-0.2, -0.15) is 0 Å². The van der Waals surface area contributed by atoms with Crippen LogP contribution in [-0.2, 0) is 22.4 Å². The van der Waals surface area contributed by atoms with Crippen LogP contribution in [0.3, 0.4) is 0 Å². The van der Waals surface area contributed by atoms with E-state index in [1.807, 2.05) is 18.2 Å². The molecular formula is C18H20O4. The Labute approximate surface area is 130 Å². The zero-order valence-electron chi connectivity index (χ0n) is 12.4. The van der Waals surface area contributed by atoms with Crippen LogP contribution in [0.4, 0.5) is 0 Å². The second-order valence-electron chi connectivity index (χ2n) is 5.13. The third-order valence-corrected chi connectivity index (χ3v) is 3.37. The SMILES string of the molecule is O=C(CCc1ccc(O)c(O)c1)OCCCc1ccccc1. The highest BCUT2D eigenvalue weighted by molar-refractivity contribution is 5.69. The van der Waals surface area contributed by atoms with E-state index in [0.29, 0.717) is 13.0 Å². The number of esters is 1. The number of aromatic hydroxyl groups is 2. The molecule has 0 saturated carbocycles. The molecular weight excluding hydrogens is 280 g/mol. The van der Waals surface area contributed by atoms with Crippen molar-refractivity contribution in [1.29, 1.82) is 0 Å². The number of carbonyl (C=O) groups is 1. The highest BCUT2D eigenvalue weighted by Gasteiger charge is 2.06. The monoisotopic (exact) mass is 300 g/mol. The van der Waals surface area contributed by atoms with Crippen molar-refractivity contribution in [3.8, 4) is 11.5 Å². The summed E-state index contributed by atoms with van der Waals surface area (Å²) in [5.74, 6) is -0.582. The van der Waals surface area contributed by atoms with E-state index in [1.54, 1.807) is 6.07 Å². The molecule has 2 N–H and O–H groups in total. The van der Waals surface area contributed by atoms with Gasteiger partial charge in [0.1, 0.15) is 0 Å². The van der Waals surface area contributed by atoms with Crippen molar-refractivity contribution in [1.82, 2.24) is 0 Å². The Morgan fingerprint density at radius 2 is 1.68 bits per heavy atom. The van der Waals surface area contributed by atoms with E-state index in [1.165, 1.54) is 17.7 Å². The Bertz CT molecular complexity index is 608. The Balaban J connectivity index is 1.64. The molecule has 0 heterocycles. The number of hydrogen-bond donors (Lipinski definition) is 2. The molecule has 0 atom stereocenters. The van der Waals surface area contributed by atoms with E-state index in [9.17, 15) is 15.0 Å². The summed E-state index contributed by atoms with van der Waals surface area (Å²) in [4.78, 5) is 11.6. The van der Waals surface area contributed by atoms with E-state index in [4.69, 9.17) is 4.74 Å². The zero-order chi connectivity index (χ0) is 15.8. The minimum Gasteiger partial charge on any atom is -0.504 e. The van der Waals surface area contributed by atoms with Gasteiger partial charge in [0.2, 0.25) is 0 Å². The van der Waals surface area contributed by atoms with E-state index in [-0.39, 0.29) is 23.9 Å². The van der Waals surface area contributed by atoms with Crippen molar-refractivity contribution >= 4 is 5.97 Å². The molecule has 4 nitrogen and oxygen atoms in total. The third-order valence-electron chi connectivity index (χ3n) is 3.37. The van der Waals surface area contributed by atoms with Gasteiger partial charge in [-0.3, -0.25) is 4.79 Å². The van der Waals surface area contributed by atoms with Crippen molar-refractivity contribution in [3.63, 3.8) is 0 Å². The lowest BCUT2D eigenvalue weighted by atomic mass is 10.1. The number of phenolic OH excluding ortho intramolecular Hbond substituents is 2. The van der Waals surface area contributed by atoms with Crippen molar-refractivity contribution < 1.29 is 19.7 Å².